The van der Waals surface area contributed by atoms with Crippen LogP contribution in [0.25, 0.3) is 6.15 Å². The Morgan fingerprint density at radius 3 is 0.846 bits per heavy atom. The van der Waals surface area contributed by atoms with E-state index in [1.54, 1.807) is 0 Å². The number of unbranched alkanes of at least 4 members (excludes halogenated alkanes) is 27. The van der Waals surface area contributed by atoms with Crippen molar-refractivity contribution >= 4 is 12.9 Å². The van der Waals surface area contributed by atoms with Gasteiger partial charge in [0.25, 0.3) is 12.9 Å². The first-order valence-corrected chi connectivity index (χ1v) is 22.1. The number of carbonyl (C=O) groups is 2. The van der Waals surface area contributed by atoms with E-state index in [0.29, 0.717) is 6.61 Å². The summed E-state index contributed by atoms with van der Waals surface area (Å²) in [6.45, 7) is 10.0. The summed E-state index contributed by atoms with van der Waals surface area (Å²) in [6, 6.07) is 0. The molecule has 0 aliphatic rings. The third kappa shape index (κ3) is 59.2. The minimum atomic E-state index is -0.250. The summed E-state index contributed by atoms with van der Waals surface area (Å²) in [4.78, 5) is 19.3. The molecule has 5 N–H and O–H groups in total. The molecule has 313 valence electrons. The molecule has 0 bridgehead atoms. The van der Waals surface area contributed by atoms with Crippen LogP contribution in [0.15, 0.2) is 0 Å². The van der Waals surface area contributed by atoms with Crippen molar-refractivity contribution in [1.29, 1.82) is 0 Å². The van der Waals surface area contributed by atoms with Crippen molar-refractivity contribution in [3.8, 4) is 0 Å². The van der Waals surface area contributed by atoms with Gasteiger partial charge in [-0.2, -0.15) is 0 Å². The Kier molecular flexibility index (Phi) is 70.8. The average Bonchev–Trinajstić information content (AvgIpc) is 3.11. The van der Waals surface area contributed by atoms with Gasteiger partial charge in [-0.3, -0.25) is 9.59 Å². The van der Waals surface area contributed by atoms with Crippen LogP contribution in [-0.2, 0) is 42.3 Å². The third-order valence-electron chi connectivity index (χ3n) is 10.3. The Hall–Kier alpha value is -0.0761. The van der Waals surface area contributed by atoms with Crippen LogP contribution in [0.2, 0.25) is 0 Å². The van der Waals surface area contributed by atoms with Gasteiger partial charge in [0, 0.05) is 39.3 Å². The zero-order chi connectivity index (χ0) is 37.4. The van der Waals surface area contributed by atoms with E-state index < -0.39 is 0 Å². The molecule has 0 amide bonds. The molecule has 0 aromatic carbocycles. The van der Waals surface area contributed by atoms with Crippen LogP contribution in [-0.4, -0.2) is 59.4 Å². The van der Waals surface area contributed by atoms with Gasteiger partial charge in [-0.05, 0) is 31.8 Å². The van der Waals surface area contributed by atoms with Crippen molar-refractivity contribution in [3.05, 3.63) is 6.15 Å². The molecule has 0 aliphatic carbocycles. The maximum Gasteiger partial charge on any atom is 0.290 e. The molecule has 0 unspecified atom stereocenters. The molecule has 0 fully saturated rings. The summed E-state index contributed by atoms with van der Waals surface area (Å²) in [6.07, 6.45) is 48.7. The van der Waals surface area contributed by atoms with Crippen molar-refractivity contribution in [1.82, 2.24) is 4.90 Å². The van der Waals surface area contributed by atoms with Crippen LogP contribution < -0.4 is 0 Å². The molecule has 0 aromatic heterocycles. The first-order chi connectivity index (χ1) is 24.6. The predicted octanol–water partition coefficient (Wildman–Crippen LogP) is 14.3. The van der Waals surface area contributed by atoms with Gasteiger partial charge in [-0.15, -0.1) is 0 Å². The zero-order valence-electron chi connectivity index (χ0n) is 35.4. The number of hydrogen-bond donors (Lipinski definition) is 3. The number of nitrogens with two attached hydrogens (primary N) is 1. The normalized spacial score (nSPS) is 10.5. The molecule has 0 spiro atoms. The van der Waals surface area contributed by atoms with Gasteiger partial charge in [0.15, 0.2) is 0 Å². The van der Waals surface area contributed by atoms with Crippen LogP contribution in [0.4, 0.5) is 0 Å². The van der Waals surface area contributed by atoms with Crippen molar-refractivity contribution < 1.29 is 57.6 Å². The maximum absolute atomic E-state index is 9.57. The SMILES string of the molecule is CCCCCCCCCCCCCCCCN(CCO)CCCCCCCC(CCCCCCCC)CCCCCCCC.O=CO.O=CO.[NH2-].[Y]. The summed E-state index contributed by atoms with van der Waals surface area (Å²) in [5, 5.41) is 23.3. The second-order valence-corrected chi connectivity index (χ2v) is 14.9. The van der Waals surface area contributed by atoms with Gasteiger partial charge >= 0.3 is 0 Å². The minimum absolute atomic E-state index is 0. The van der Waals surface area contributed by atoms with Gasteiger partial charge in [0.2, 0.25) is 0 Å². The van der Waals surface area contributed by atoms with Crippen molar-refractivity contribution in [2.24, 2.45) is 5.92 Å². The Labute approximate surface area is 350 Å². The summed E-state index contributed by atoms with van der Waals surface area (Å²) in [7, 11) is 0. The second kappa shape index (κ2) is 60.2. The molecule has 0 heterocycles. The van der Waals surface area contributed by atoms with E-state index in [4.69, 9.17) is 19.8 Å². The molecular formula is C44H93N2O5Y-. The number of nitrogens with zero attached hydrogens (tertiary/aromatic N) is 1. The van der Waals surface area contributed by atoms with Crippen molar-refractivity contribution in [2.45, 2.75) is 239 Å². The van der Waals surface area contributed by atoms with Gasteiger partial charge in [-0.25, -0.2) is 0 Å². The molecule has 1 radical (unpaired) electrons. The predicted molar refractivity (Wildman–Crippen MR) is 224 cm³/mol. The molecule has 0 saturated carbocycles. The molecule has 0 rings (SSSR count). The standard InChI is InChI=1S/C42H87NO.2CH2O2.H2N.Y/c1-4-7-10-13-16-17-18-19-20-21-22-23-28-33-38-43(40-41-44)39-34-29-24-27-32-37-42(35-30-25-14-11-8-5-2)36-31-26-15-12-9-6-3;2*2-1-3;;/h42,44H,4-41H2,1-3H3;2*1H,(H,2,3);1H2;/q;;;-1;. The minimum Gasteiger partial charge on any atom is -0.693 e. The Morgan fingerprint density at radius 2 is 0.615 bits per heavy atom. The van der Waals surface area contributed by atoms with E-state index in [1.165, 1.54) is 231 Å². The fraction of sp³-hybridized carbons (Fsp3) is 0.955. The van der Waals surface area contributed by atoms with E-state index in [0.717, 1.165) is 12.5 Å². The van der Waals surface area contributed by atoms with E-state index in [-0.39, 0.29) is 51.8 Å². The third-order valence-corrected chi connectivity index (χ3v) is 10.3. The van der Waals surface area contributed by atoms with Crippen molar-refractivity contribution in [2.75, 3.05) is 26.2 Å². The first kappa shape index (κ1) is 61.2. The number of aliphatic hydroxyl groups is 1. The molecule has 0 aromatic rings. The number of rotatable bonds is 39. The van der Waals surface area contributed by atoms with Crippen LogP contribution in [0, 0.1) is 5.92 Å². The molecule has 7 nitrogen and oxygen atoms in total. The number of carboxylic acid groups (broad SMARTS) is 2. The van der Waals surface area contributed by atoms with Crippen LogP contribution in [0.5, 0.6) is 0 Å². The summed E-state index contributed by atoms with van der Waals surface area (Å²) < 4.78 is 0. The molecule has 0 aliphatic heterocycles. The molecule has 52 heavy (non-hydrogen) atoms. The Balaban J connectivity index is -0.000000855. The molecular weight excluding hydrogens is 725 g/mol. The number of aliphatic hydroxyl groups excluding tert-OH is 1. The van der Waals surface area contributed by atoms with E-state index in [2.05, 4.69) is 25.7 Å². The average molecular weight is 819 g/mol. The first-order valence-electron chi connectivity index (χ1n) is 22.1. The van der Waals surface area contributed by atoms with E-state index >= 15 is 0 Å². The van der Waals surface area contributed by atoms with Gasteiger partial charge in [-0.1, -0.05) is 226 Å². The van der Waals surface area contributed by atoms with Crippen LogP contribution in [0.1, 0.15) is 239 Å². The van der Waals surface area contributed by atoms with Gasteiger partial charge in [0.1, 0.15) is 0 Å². The fourth-order valence-corrected chi connectivity index (χ4v) is 7.17. The molecule has 0 atom stereocenters. The summed E-state index contributed by atoms with van der Waals surface area (Å²) in [5.74, 6) is 0.998. The van der Waals surface area contributed by atoms with E-state index in [1.807, 2.05) is 0 Å². The Morgan fingerprint density at radius 1 is 0.404 bits per heavy atom. The fourth-order valence-electron chi connectivity index (χ4n) is 7.17. The topological polar surface area (TPSA) is 132 Å². The largest absolute Gasteiger partial charge is 0.693 e. The van der Waals surface area contributed by atoms with Crippen LogP contribution in [0.3, 0.4) is 0 Å². The maximum atomic E-state index is 9.57. The van der Waals surface area contributed by atoms with E-state index in [9.17, 15) is 5.11 Å². The second-order valence-electron chi connectivity index (χ2n) is 14.9. The number of hydrogen-bond acceptors (Lipinski definition) is 4. The Bertz CT molecular complexity index is 581. The van der Waals surface area contributed by atoms with Crippen molar-refractivity contribution in [3.63, 3.8) is 0 Å². The summed E-state index contributed by atoms with van der Waals surface area (Å²) >= 11 is 0. The van der Waals surface area contributed by atoms with Crippen LogP contribution >= 0.6 is 0 Å². The summed E-state index contributed by atoms with van der Waals surface area (Å²) in [5.41, 5.74) is 0. The molecule has 0 saturated heterocycles. The zero-order valence-corrected chi connectivity index (χ0v) is 38.2. The van der Waals surface area contributed by atoms with Gasteiger partial charge < -0.3 is 26.4 Å². The monoisotopic (exact) mass is 819 g/mol. The molecule has 8 heteroatoms. The smallest absolute Gasteiger partial charge is 0.290 e. The quantitative estimate of drug-likeness (QED) is 0.0418. The van der Waals surface area contributed by atoms with Gasteiger partial charge in [0.05, 0.1) is 6.61 Å².